The van der Waals surface area contributed by atoms with Crippen LogP contribution in [0.3, 0.4) is 0 Å². The van der Waals surface area contributed by atoms with E-state index in [1.54, 1.807) is 43.5 Å². The van der Waals surface area contributed by atoms with Crippen LogP contribution in [0, 0.1) is 0 Å². The predicted molar refractivity (Wildman–Crippen MR) is 92.2 cm³/mol. The smallest absolute Gasteiger partial charge is 0.240 e. The van der Waals surface area contributed by atoms with Crippen LogP contribution in [0.1, 0.15) is 5.76 Å². The van der Waals surface area contributed by atoms with E-state index < -0.39 is 10.0 Å². The zero-order valence-corrected chi connectivity index (χ0v) is 14.3. The molecule has 6 nitrogen and oxygen atoms in total. The molecule has 0 fully saturated rings. The number of benzene rings is 2. The number of ether oxygens (including phenoxy) is 2. The van der Waals surface area contributed by atoms with Crippen molar-refractivity contribution in [2.75, 3.05) is 7.11 Å². The van der Waals surface area contributed by atoms with Crippen molar-refractivity contribution in [3.63, 3.8) is 0 Å². The minimum absolute atomic E-state index is 0.0921. The molecule has 0 radical (unpaired) electrons. The average Bonchev–Trinajstić information content (AvgIpc) is 3.15. The first-order valence-corrected chi connectivity index (χ1v) is 9.00. The van der Waals surface area contributed by atoms with Crippen LogP contribution >= 0.6 is 0 Å². The zero-order valence-electron chi connectivity index (χ0n) is 13.5. The van der Waals surface area contributed by atoms with Crippen LogP contribution in [-0.4, -0.2) is 15.5 Å². The third kappa shape index (κ3) is 4.20. The first-order valence-electron chi connectivity index (χ1n) is 7.51. The number of nitrogens with one attached hydrogen (secondary N) is 1. The molecule has 7 heteroatoms. The van der Waals surface area contributed by atoms with Gasteiger partial charge in [0, 0.05) is 0 Å². The van der Waals surface area contributed by atoms with Gasteiger partial charge in [-0.25, -0.2) is 13.1 Å². The fourth-order valence-electron chi connectivity index (χ4n) is 2.18. The molecule has 0 aliphatic rings. The number of sulfonamides is 1. The summed E-state index contributed by atoms with van der Waals surface area (Å²) in [5.41, 5.74) is 0. The second kappa shape index (κ2) is 7.42. The molecule has 3 aromatic rings. The molecule has 0 saturated heterocycles. The van der Waals surface area contributed by atoms with Crippen molar-refractivity contribution in [1.82, 2.24) is 4.72 Å². The average molecular weight is 359 g/mol. The Labute approximate surface area is 146 Å². The summed E-state index contributed by atoms with van der Waals surface area (Å²) < 4.78 is 43.1. The normalized spacial score (nSPS) is 11.2. The summed E-state index contributed by atoms with van der Waals surface area (Å²) in [6, 6.07) is 16.8. The highest BCUT2D eigenvalue weighted by Gasteiger charge is 2.14. The summed E-state index contributed by atoms with van der Waals surface area (Å²) >= 11 is 0. The molecule has 0 aliphatic carbocycles. The van der Waals surface area contributed by atoms with Gasteiger partial charge in [0.1, 0.15) is 11.5 Å². The molecule has 25 heavy (non-hydrogen) atoms. The molecule has 0 spiro atoms. The minimum atomic E-state index is -3.63. The van der Waals surface area contributed by atoms with Crippen molar-refractivity contribution >= 4 is 10.0 Å². The first kappa shape index (κ1) is 17.1. The summed E-state index contributed by atoms with van der Waals surface area (Å²) in [4.78, 5) is 0.145. The van der Waals surface area contributed by atoms with Crippen molar-refractivity contribution in [1.29, 1.82) is 0 Å². The Balaban J connectivity index is 1.71. The van der Waals surface area contributed by atoms with E-state index in [0.29, 0.717) is 23.0 Å². The van der Waals surface area contributed by atoms with Crippen LogP contribution < -0.4 is 14.2 Å². The number of rotatable bonds is 7. The number of furan rings is 1. The summed E-state index contributed by atoms with van der Waals surface area (Å²) in [5, 5.41) is 0. The monoisotopic (exact) mass is 359 g/mol. The van der Waals surface area contributed by atoms with Crippen molar-refractivity contribution in [2.45, 2.75) is 11.4 Å². The van der Waals surface area contributed by atoms with Crippen LogP contribution in [0.25, 0.3) is 0 Å². The second-order valence-corrected chi connectivity index (χ2v) is 6.90. The summed E-state index contributed by atoms with van der Waals surface area (Å²) in [7, 11) is -2.07. The van der Waals surface area contributed by atoms with E-state index in [1.807, 2.05) is 12.1 Å². The van der Waals surface area contributed by atoms with E-state index in [4.69, 9.17) is 13.9 Å². The molecule has 0 aliphatic heterocycles. The lowest BCUT2D eigenvalue weighted by molar-refractivity contribution is 0.379. The van der Waals surface area contributed by atoms with Gasteiger partial charge in [0.05, 0.1) is 24.8 Å². The number of hydrogen-bond acceptors (Lipinski definition) is 5. The SMILES string of the molecule is COc1ccccc1Oc1ccc(S(=O)(=O)NCc2ccco2)cc1. The third-order valence-electron chi connectivity index (χ3n) is 3.45. The highest BCUT2D eigenvalue weighted by Crippen LogP contribution is 2.31. The van der Waals surface area contributed by atoms with Gasteiger partial charge in [-0.1, -0.05) is 12.1 Å². The molecule has 0 saturated carbocycles. The van der Waals surface area contributed by atoms with Gasteiger partial charge >= 0.3 is 0 Å². The molecule has 0 bridgehead atoms. The number of hydrogen-bond donors (Lipinski definition) is 1. The lowest BCUT2D eigenvalue weighted by atomic mass is 10.3. The molecular formula is C18H17NO5S. The molecule has 3 rings (SSSR count). The maximum atomic E-state index is 12.3. The largest absolute Gasteiger partial charge is 0.493 e. The molecular weight excluding hydrogens is 342 g/mol. The fourth-order valence-corrected chi connectivity index (χ4v) is 3.17. The third-order valence-corrected chi connectivity index (χ3v) is 4.86. The molecule has 0 amide bonds. The van der Waals surface area contributed by atoms with Crippen molar-refractivity contribution in [2.24, 2.45) is 0 Å². The fraction of sp³-hybridized carbons (Fsp3) is 0.111. The Morgan fingerprint density at radius 1 is 0.960 bits per heavy atom. The van der Waals surface area contributed by atoms with Crippen molar-refractivity contribution in [3.8, 4) is 17.2 Å². The van der Waals surface area contributed by atoms with E-state index in [2.05, 4.69) is 4.72 Å². The highest BCUT2D eigenvalue weighted by molar-refractivity contribution is 7.89. The topological polar surface area (TPSA) is 77.8 Å². The van der Waals surface area contributed by atoms with Gasteiger partial charge in [-0.3, -0.25) is 0 Å². The van der Waals surface area contributed by atoms with Gasteiger partial charge in [0.15, 0.2) is 11.5 Å². The first-order chi connectivity index (χ1) is 12.1. The lowest BCUT2D eigenvalue weighted by Gasteiger charge is -2.10. The Hall–Kier alpha value is -2.77. The van der Waals surface area contributed by atoms with E-state index >= 15 is 0 Å². The summed E-state index contributed by atoms with van der Waals surface area (Å²) in [5.74, 6) is 2.20. The van der Waals surface area contributed by atoms with Crippen LogP contribution in [0.4, 0.5) is 0 Å². The Morgan fingerprint density at radius 2 is 1.68 bits per heavy atom. The standard InChI is InChI=1S/C18H17NO5S/c1-22-17-6-2-3-7-18(17)24-14-8-10-16(11-9-14)25(20,21)19-13-15-5-4-12-23-15/h2-12,19H,13H2,1H3. The summed E-state index contributed by atoms with van der Waals surface area (Å²) in [6.07, 6.45) is 1.49. The molecule has 1 N–H and O–H groups in total. The quantitative estimate of drug-likeness (QED) is 0.698. The van der Waals surface area contributed by atoms with Crippen molar-refractivity contribution in [3.05, 3.63) is 72.7 Å². The zero-order chi connectivity index (χ0) is 17.7. The van der Waals surface area contributed by atoms with E-state index in [1.165, 1.54) is 18.4 Å². The maximum absolute atomic E-state index is 12.3. The molecule has 1 aromatic heterocycles. The Bertz CT molecular complexity index is 918. The Kier molecular flexibility index (Phi) is 5.06. The number of para-hydroxylation sites is 2. The summed E-state index contributed by atoms with van der Waals surface area (Å²) in [6.45, 7) is 0.0921. The predicted octanol–water partition coefficient (Wildman–Crippen LogP) is 3.56. The van der Waals surface area contributed by atoms with Gasteiger partial charge in [-0.15, -0.1) is 0 Å². The van der Waals surface area contributed by atoms with Gasteiger partial charge in [-0.2, -0.15) is 0 Å². The molecule has 2 aromatic carbocycles. The van der Waals surface area contributed by atoms with Crippen molar-refractivity contribution < 1.29 is 22.3 Å². The van der Waals surface area contributed by atoms with Crippen LogP contribution in [-0.2, 0) is 16.6 Å². The lowest BCUT2D eigenvalue weighted by Crippen LogP contribution is -2.22. The Morgan fingerprint density at radius 3 is 2.32 bits per heavy atom. The van der Waals surface area contributed by atoms with Crippen LogP contribution in [0.5, 0.6) is 17.2 Å². The van der Waals surface area contributed by atoms with E-state index in [-0.39, 0.29) is 11.4 Å². The van der Waals surface area contributed by atoms with Gasteiger partial charge < -0.3 is 13.9 Å². The number of methoxy groups -OCH3 is 1. The van der Waals surface area contributed by atoms with Gasteiger partial charge in [-0.05, 0) is 48.5 Å². The van der Waals surface area contributed by atoms with Crippen LogP contribution in [0.2, 0.25) is 0 Å². The van der Waals surface area contributed by atoms with E-state index in [9.17, 15) is 8.42 Å². The molecule has 0 unspecified atom stereocenters. The second-order valence-electron chi connectivity index (χ2n) is 5.13. The molecule has 0 atom stereocenters. The molecule has 130 valence electrons. The van der Waals surface area contributed by atoms with Gasteiger partial charge in [0.25, 0.3) is 0 Å². The minimum Gasteiger partial charge on any atom is -0.493 e. The van der Waals surface area contributed by atoms with E-state index in [0.717, 1.165) is 0 Å². The van der Waals surface area contributed by atoms with Gasteiger partial charge in [0.2, 0.25) is 10.0 Å². The van der Waals surface area contributed by atoms with Crippen LogP contribution in [0.15, 0.2) is 76.2 Å². The molecule has 1 heterocycles. The maximum Gasteiger partial charge on any atom is 0.240 e. The highest BCUT2D eigenvalue weighted by atomic mass is 32.2.